The van der Waals surface area contributed by atoms with Gasteiger partial charge in [-0.25, -0.2) is 4.98 Å². The molecule has 1 aliphatic heterocycles. The maximum Gasteiger partial charge on any atom is 0.257 e. The molecule has 1 saturated heterocycles. The average Bonchev–Trinajstić information content (AvgIpc) is 3.52. The van der Waals surface area contributed by atoms with Crippen LogP contribution in [0.2, 0.25) is 0 Å². The van der Waals surface area contributed by atoms with Crippen LogP contribution in [0.25, 0.3) is 22.4 Å². The number of carbonyl (C=O) groups is 3. The second-order valence-corrected chi connectivity index (χ2v) is 8.03. The van der Waals surface area contributed by atoms with Gasteiger partial charge in [-0.15, -0.1) is 11.3 Å². The van der Waals surface area contributed by atoms with Gasteiger partial charge in [-0.3, -0.25) is 24.6 Å². The number of nitrogens with one attached hydrogen (secondary N) is 1. The highest BCUT2D eigenvalue weighted by atomic mass is 32.1. The zero-order valence-corrected chi connectivity index (χ0v) is 17.8. The standard InChI is InChI=1S/C23H17N3O5S/c1-30-16-7-4-14-10-19(31-18(14)11-16)17-12-32-23(24-17)25-22(29)13-2-5-15(6-3-13)26-20(27)8-9-21(26)28/h2-7,10-12H,8-9H2,1H3,(H,24,25,29). The lowest BCUT2D eigenvalue weighted by molar-refractivity contribution is -0.121. The topological polar surface area (TPSA) is 102 Å². The van der Waals surface area contributed by atoms with Gasteiger partial charge < -0.3 is 9.15 Å². The molecule has 5 rings (SSSR count). The van der Waals surface area contributed by atoms with Crippen molar-refractivity contribution in [3.63, 3.8) is 0 Å². The number of hydrogen-bond donors (Lipinski definition) is 1. The number of amides is 3. The van der Waals surface area contributed by atoms with Crippen LogP contribution in [0.3, 0.4) is 0 Å². The van der Waals surface area contributed by atoms with Crippen molar-refractivity contribution in [1.29, 1.82) is 0 Å². The van der Waals surface area contributed by atoms with Crippen molar-refractivity contribution in [2.45, 2.75) is 12.8 Å². The van der Waals surface area contributed by atoms with Crippen LogP contribution in [0.1, 0.15) is 23.2 Å². The summed E-state index contributed by atoms with van der Waals surface area (Å²) in [6.07, 6.45) is 0.429. The molecule has 1 aliphatic rings. The fourth-order valence-electron chi connectivity index (χ4n) is 3.50. The van der Waals surface area contributed by atoms with Crippen LogP contribution in [0, 0.1) is 0 Å². The molecule has 0 bridgehead atoms. The fourth-order valence-corrected chi connectivity index (χ4v) is 4.20. The normalized spacial score (nSPS) is 13.7. The highest BCUT2D eigenvalue weighted by molar-refractivity contribution is 7.14. The molecule has 0 atom stereocenters. The molecule has 4 aromatic rings. The van der Waals surface area contributed by atoms with E-state index in [1.165, 1.54) is 11.3 Å². The van der Waals surface area contributed by atoms with Crippen molar-refractivity contribution >= 4 is 50.8 Å². The van der Waals surface area contributed by atoms with Gasteiger partial charge in [0.15, 0.2) is 10.9 Å². The highest BCUT2D eigenvalue weighted by Gasteiger charge is 2.30. The number of ether oxygens (including phenoxy) is 1. The lowest BCUT2D eigenvalue weighted by Crippen LogP contribution is -2.28. The van der Waals surface area contributed by atoms with Crippen LogP contribution in [0.5, 0.6) is 5.75 Å². The van der Waals surface area contributed by atoms with Crippen LogP contribution in [0.15, 0.2) is 58.3 Å². The first-order valence-corrected chi connectivity index (χ1v) is 10.7. The Hall–Kier alpha value is -3.98. The second-order valence-electron chi connectivity index (χ2n) is 7.18. The number of anilines is 2. The smallest absolute Gasteiger partial charge is 0.257 e. The largest absolute Gasteiger partial charge is 0.497 e. The highest BCUT2D eigenvalue weighted by Crippen LogP contribution is 2.32. The lowest BCUT2D eigenvalue weighted by atomic mass is 10.2. The Morgan fingerprint density at radius 1 is 1.09 bits per heavy atom. The van der Waals surface area contributed by atoms with E-state index in [1.807, 2.05) is 18.2 Å². The number of aromatic nitrogens is 1. The molecule has 0 radical (unpaired) electrons. The Kier molecular flexibility index (Phi) is 4.95. The number of carbonyl (C=O) groups excluding carboxylic acids is 3. The number of benzene rings is 2. The Morgan fingerprint density at radius 2 is 1.84 bits per heavy atom. The monoisotopic (exact) mass is 447 g/mol. The van der Waals surface area contributed by atoms with E-state index < -0.39 is 0 Å². The van der Waals surface area contributed by atoms with Gasteiger partial charge in [0, 0.05) is 35.2 Å². The SMILES string of the molecule is COc1ccc2cc(-c3csc(NC(=O)c4ccc(N5C(=O)CCC5=O)cc4)n3)oc2c1. The molecule has 0 spiro atoms. The first kappa shape index (κ1) is 20.0. The van der Waals surface area contributed by atoms with Gasteiger partial charge >= 0.3 is 0 Å². The summed E-state index contributed by atoms with van der Waals surface area (Å²) < 4.78 is 11.1. The van der Waals surface area contributed by atoms with Crippen molar-refractivity contribution in [2.24, 2.45) is 0 Å². The van der Waals surface area contributed by atoms with Crippen LogP contribution in [-0.2, 0) is 9.59 Å². The summed E-state index contributed by atoms with van der Waals surface area (Å²) in [5, 5.41) is 5.92. The van der Waals surface area contributed by atoms with Crippen molar-refractivity contribution in [3.05, 3.63) is 59.5 Å². The number of hydrogen-bond acceptors (Lipinski definition) is 7. The molecule has 1 fully saturated rings. The number of imide groups is 1. The van der Waals surface area contributed by atoms with Crippen molar-refractivity contribution in [2.75, 3.05) is 17.3 Å². The zero-order chi connectivity index (χ0) is 22.2. The molecular weight excluding hydrogens is 430 g/mol. The molecule has 9 heteroatoms. The summed E-state index contributed by atoms with van der Waals surface area (Å²) in [5.74, 6) is 0.493. The molecule has 3 amide bonds. The summed E-state index contributed by atoms with van der Waals surface area (Å²) in [7, 11) is 1.60. The van der Waals surface area contributed by atoms with Crippen LogP contribution in [0.4, 0.5) is 10.8 Å². The minimum Gasteiger partial charge on any atom is -0.497 e. The number of rotatable bonds is 5. The molecule has 0 saturated carbocycles. The van der Waals surface area contributed by atoms with E-state index in [4.69, 9.17) is 9.15 Å². The summed E-state index contributed by atoms with van der Waals surface area (Å²) in [4.78, 5) is 41.9. The molecule has 32 heavy (non-hydrogen) atoms. The predicted octanol–water partition coefficient (Wildman–Crippen LogP) is 4.47. The minimum atomic E-state index is -0.342. The Morgan fingerprint density at radius 3 is 2.56 bits per heavy atom. The van der Waals surface area contributed by atoms with E-state index >= 15 is 0 Å². The quantitative estimate of drug-likeness (QED) is 0.453. The third-order valence-corrected chi connectivity index (χ3v) is 5.90. The third kappa shape index (κ3) is 3.63. The summed E-state index contributed by atoms with van der Waals surface area (Å²) in [6.45, 7) is 0. The van der Waals surface area contributed by atoms with E-state index in [0.717, 1.165) is 10.3 Å². The molecular formula is C23H17N3O5S. The van der Waals surface area contributed by atoms with Gasteiger partial charge in [0.2, 0.25) is 11.8 Å². The molecule has 0 unspecified atom stereocenters. The van der Waals surface area contributed by atoms with E-state index in [-0.39, 0.29) is 30.6 Å². The number of fused-ring (bicyclic) bond motifs is 1. The van der Waals surface area contributed by atoms with Gasteiger partial charge in [-0.2, -0.15) is 0 Å². The Labute approximate surface area is 186 Å². The fraction of sp³-hybridized carbons (Fsp3) is 0.130. The van der Waals surface area contributed by atoms with Crippen molar-refractivity contribution in [1.82, 2.24) is 4.98 Å². The van der Waals surface area contributed by atoms with Gasteiger partial charge in [-0.05, 0) is 42.5 Å². The number of thiazole rings is 1. The summed E-state index contributed by atoms with van der Waals surface area (Å²) in [5.41, 5.74) is 2.15. The Bertz CT molecular complexity index is 1340. The number of nitrogens with zero attached hydrogens (tertiary/aromatic N) is 2. The minimum absolute atomic E-state index is 0.215. The van der Waals surface area contributed by atoms with E-state index in [0.29, 0.717) is 39.2 Å². The van der Waals surface area contributed by atoms with Crippen molar-refractivity contribution in [3.8, 4) is 17.2 Å². The molecule has 3 heterocycles. The van der Waals surface area contributed by atoms with Gasteiger partial charge in [0.1, 0.15) is 17.0 Å². The number of methoxy groups -OCH3 is 1. The van der Waals surface area contributed by atoms with Crippen LogP contribution < -0.4 is 15.0 Å². The van der Waals surface area contributed by atoms with E-state index in [2.05, 4.69) is 10.3 Å². The summed E-state index contributed by atoms with van der Waals surface area (Å²) in [6, 6.07) is 13.8. The first-order chi connectivity index (χ1) is 15.5. The predicted molar refractivity (Wildman–Crippen MR) is 120 cm³/mol. The molecule has 2 aromatic carbocycles. The lowest BCUT2D eigenvalue weighted by Gasteiger charge is -2.13. The van der Waals surface area contributed by atoms with Gasteiger partial charge in [0.05, 0.1) is 12.8 Å². The third-order valence-electron chi connectivity index (χ3n) is 5.14. The molecule has 1 N–H and O–H groups in total. The maximum atomic E-state index is 12.6. The van der Waals surface area contributed by atoms with E-state index in [9.17, 15) is 14.4 Å². The van der Waals surface area contributed by atoms with Gasteiger partial charge in [-0.1, -0.05) is 0 Å². The Balaban J connectivity index is 1.30. The molecule has 2 aromatic heterocycles. The van der Waals surface area contributed by atoms with Crippen LogP contribution >= 0.6 is 11.3 Å². The second kappa shape index (κ2) is 7.93. The molecule has 0 aliphatic carbocycles. The maximum absolute atomic E-state index is 12.6. The van der Waals surface area contributed by atoms with E-state index in [1.54, 1.807) is 42.8 Å². The van der Waals surface area contributed by atoms with Gasteiger partial charge in [0.25, 0.3) is 5.91 Å². The van der Waals surface area contributed by atoms with Crippen LogP contribution in [-0.4, -0.2) is 29.8 Å². The van der Waals surface area contributed by atoms with Crippen molar-refractivity contribution < 1.29 is 23.5 Å². The first-order valence-electron chi connectivity index (χ1n) is 9.82. The number of furan rings is 1. The molecule has 160 valence electrons. The molecule has 8 nitrogen and oxygen atoms in total. The zero-order valence-electron chi connectivity index (χ0n) is 17.0. The summed E-state index contributed by atoms with van der Waals surface area (Å²) >= 11 is 1.28. The average molecular weight is 447 g/mol.